The van der Waals surface area contributed by atoms with Crippen molar-refractivity contribution in [2.75, 3.05) is 12.4 Å². The van der Waals surface area contributed by atoms with Crippen LogP contribution >= 0.6 is 0 Å². The normalized spacial score (nSPS) is 11.4. The SMILES string of the molecule is CCc1nn(C)c(OC)c1CNc1ccc([N+](=O)[O-])cc1C(F)(F)F. The molecule has 0 unspecified atom stereocenters. The minimum atomic E-state index is -4.72. The molecular weight excluding hydrogens is 341 g/mol. The lowest BCUT2D eigenvalue weighted by atomic mass is 10.1. The van der Waals surface area contributed by atoms with Crippen molar-refractivity contribution in [2.45, 2.75) is 26.1 Å². The lowest BCUT2D eigenvalue weighted by Gasteiger charge is -2.15. The first-order chi connectivity index (χ1) is 11.7. The number of aryl methyl sites for hydroxylation is 2. The van der Waals surface area contributed by atoms with Gasteiger partial charge < -0.3 is 10.1 Å². The highest BCUT2D eigenvalue weighted by Gasteiger charge is 2.35. The topological polar surface area (TPSA) is 82.2 Å². The Kier molecular flexibility index (Phi) is 5.19. The molecule has 1 N–H and O–H groups in total. The van der Waals surface area contributed by atoms with Crippen molar-refractivity contribution in [2.24, 2.45) is 7.05 Å². The summed E-state index contributed by atoms with van der Waals surface area (Å²) in [6.07, 6.45) is -4.14. The smallest absolute Gasteiger partial charge is 0.418 e. The molecule has 0 saturated carbocycles. The van der Waals surface area contributed by atoms with Gasteiger partial charge in [-0.25, -0.2) is 4.68 Å². The van der Waals surface area contributed by atoms with Crippen molar-refractivity contribution < 1.29 is 22.8 Å². The number of aromatic nitrogens is 2. The standard InChI is InChI=1S/C15H17F3N4O3/c1-4-12-10(14(25-3)21(2)20-12)8-19-13-6-5-9(22(23)24)7-11(13)15(16,17)18/h5-7,19H,4,8H2,1-3H3. The minimum Gasteiger partial charge on any atom is -0.481 e. The van der Waals surface area contributed by atoms with Gasteiger partial charge in [-0.05, 0) is 12.5 Å². The van der Waals surface area contributed by atoms with Crippen molar-refractivity contribution in [1.82, 2.24) is 9.78 Å². The van der Waals surface area contributed by atoms with Gasteiger partial charge in [-0.1, -0.05) is 6.92 Å². The Bertz CT molecular complexity index is 787. The molecule has 25 heavy (non-hydrogen) atoms. The number of nitro groups is 1. The summed E-state index contributed by atoms with van der Waals surface area (Å²) >= 11 is 0. The first kappa shape index (κ1) is 18.6. The summed E-state index contributed by atoms with van der Waals surface area (Å²) in [5.74, 6) is 0.444. The molecule has 0 fully saturated rings. The summed E-state index contributed by atoms with van der Waals surface area (Å²) in [7, 11) is 3.13. The third-order valence-electron chi connectivity index (χ3n) is 3.67. The molecule has 1 aromatic carbocycles. The number of halogens is 3. The average molecular weight is 358 g/mol. The van der Waals surface area contributed by atoms with Crippen molar-refractivity contribution >= 4 is 11.4 Å². The summed E-state index contributed by atoms with van der Waals surface area (Å²) in [6.45, 7) is 1.92. The largest absolute Gasteiger partial charge is 0.481 e. The van der Waals surface area contributed by atoms with Crippen LogP contribution in [0.3, 0.4) is 0 Å². The molecule has 0 spiro atoms. The molecule has 0 aliphatic carbocycles. The minimum absolute atomic E-state index is 0.0427. The molecule has 0 radical (unpaired) electrons. The fourth-order valence-electron chi connectivity index (χ4n) is 2.54. The Morgan fingerprint density at radius 3 is 2.60 bits per heavy atom. The van der Waals surface area contributed by atoms with E-state index in [1.807, 2.05) is 6.92 Å². The average Bonchev–Trinajstić information content (AvgIpc) is 2.86. The summed E-state index contributed by atoms with van der Waals surface area (Å²) in [4.78, 5) is 9.87. The van der Waals surface area contributed by atoms with Gasteiger partial charge in [-0.3, -0.25) is 10.1 Å². The van der Waals surface area contributed by atoms with Crippen LogP contribution < -0.4 is 10.1 Å². The molecule has 1 heterocycles. The zero-order valence-electron chi connectivity index (χ0n) is 13.8. The second-order valence-electron chi connectivity index (χ2n) is 5.25. The number of hydrogen-bond donors (Lipinski definition) is 1. The van der Waals surface area contributed by atoms with Crippen LogP contribution in [0.1, 0.15) is 23.7 Å². The number of nitrogens with one attached hydrogen (secondary N) is 1. The molecule has 0 aliphatic heterocycles. The molecule has 7 nitrogen and oxygen atoms in total. The van der Waals surface area contributed by atoms with E-state index in [4.69, 9.17) is 4.74 Å². The van der Waals surface area contributed by atoms with E-state index in [2.05, 4.69) is 10.4 Å². The maximum absolute atomic E-state index is 13.2. The van der Waals surface area contributed by atoms with Gasteiger partial charge in [-0.15, -0.1) is 0 Å². The molecule has 10 heteroatoms. The van der Waals surface area contributed by atoms with Gasteiger partial charge in [-0.2, -0.15) is 18.3 Å². The molecule has 0 bridgehead atoms. The number of nitrogens with zero attached hydrogens (tertiary/aromatic N) is 3. The van der Waals surface area contributed by atoms with E-state index >= 15 is 0 Å². The van der Waals surface area contributed by atoms with Gasteiger partial charge in [0.05, 0.1) is 28.9 Å². The molecule has 0 aliphatic rings. The number of hydrogen-bond acceptors (Lipinski definition) is 5. The number of non-ortho nitro benzene ring substituents is 1. The number of anilines is 1. The van der Waals surface area contributed by atoms with Gasteiger partial charge in [0.1, 0.15) is 0 Å². The third-order valence-corrected chi connectivity index (χ3v) is 3.67. The predicted octanol–water partition coefficient (Wildman–Crippen LogP) is 3.53. The van der Waals surface area contributed by atoms with Crippen molar-refractivity contribution in [3.63, 3.8) is 0 Å². The summed E-state index contributed by atoms with van der Waals surface area (Å²) in [5, 5.41) is 17.7. The van der Waals surface area contributed by atoms with Crippen LogP contribution in [0.4, 0.5) is 24.5 Å². The third kappa shape index (κ3) is 3.83. The zero-order valence-corrected chi connectivity index (χ0v) is 13.8. The number of alkyl halides is 3. The molecule has 2 rings (SSSR count). The highest BCUT2D eigenvalue weighted by Crippen LogP contribution is 2.37. The van der Waals surface area contributed by atoms with Crippen molar-refractivity contribution in [3.8, 4) is 5.88 Å². The van der Waals surface area contributed by atoms with Crippen LogP contribution in [0.5, 0.6) is 5.88 Å². The lowest BCUT2D eigenvalue weighted by Crippen LogP contribution is -2.12. The molecule has 1 aromatic heterocycles. The quantitative estimate of drug-likeness (QED) is 0.631. The Balaban J connectivity index is 2.37. The van der Waals surface area contributed by atoms with E-state index in [1.165, 1.54) is 11.8 Å². The van der Waals surface area contributed by atoms with Gasteiger partial charge in [0.15, 0.2) is 0 Å². The van der Waals surface area contributed by atoms with E-state index in [1.54, 1.807) is 7.05 Å². The Morgan fingerprint density at radius 1 is 1.40 bits per heavy atom. The van der Waals surface area contributed by atoms with Gasteiger partial charge >= 0.3 is 6.18 Å². The van der Waals surface area contributed by atoms with Gasteiger partial charge in [0.25, 0.3) is 5.69 Å². The van der Waals surface area contributed by atoms with Crippen LogP contribution in [0.25, 0.3) is 0 Å². The molecule has 0 amide bonds. The lowest BCUT2D eigenvalue weighted by molar-refractivity contribution is -0.385. The molecule has 0 atom stereocenters. The first-order valence-electron chi connectivity index (χ1n) is 7.37. The second kappa shape index (κ2) is 6.99. The fourth-order valence-corrected chi connectivity index (χ4v) is 2.54. The zero-order chi connectivity index (χ0) is 18.8. The van der Waals surface area contributed by atoms with E-state index in [0.29, 0.717) is 29.6 Å². The van der Waals surface area contributed by atoms with Crippen LogP contribution in [0, 0.1) is 10.1 Å². The van der Waals surface area contributed by atoms with Crippen molar-refractivity contribution in [1.29, 1.82) is 0 Å². The number of benzene rings is 1. The Morgan fingerprint density at radius 2 is 2.08 bits per heavy atom. The number of ether oxygens (including phenoxy) is 1. The maximum Gasteiger partial charge on any atom is 0.418 e. The van der Waals surface area contributed by atoms with Gasteiger partial charge in [0.2, 0.25) is 5.88 Å². The number of methoxy groups -OCH3 is 1. The maximum atomic E-state index is 13.2. The molecular formula is C15H17F3N4O3. The van der Waals surface area contributed by atoms with Crippen molar-refractivity contribution in [3.05, 3.63) is 45.1 Å². The van der Waals surface area contributed by atoms with Crippen LogP contribution in [-0.4, -0.2) is 21.8 Å². The Hall–Kier alpha value is -2.78. The van der Waals surface area contributed by atoms with E-state index in [9.17, 15) is 23.3 Å². The molecule has 2 aromatic rings. The van der Waals surface area contributed by atoms with Crippen LogP contribution in [0.15, 0.2) is 18.2 Å². The van der Waals surface area contributed by atoms with E-state index < -0.39 is 22.4 Å². The second-order valence-corrected chi connectivity index (χ2v) is 5.25. The monoisotopic (exact) mass is 358 g/mol. The molecule has 0 saturated heterocycles. The number of nitro benzene ring substituents is 1. The highest BCUT2D eigenvalue weighted by atomic mass is 19.4. The summed E-state index contributed by atoms with van der Waals surface area (Å²) in [6, 6.07) is 2.59. The van der Waals surface area contributed by atoms with E-state index in [0.717, 1.165) is 12.1 Å². The number of rotatable bonds is 6. The highest BCUT2D eigenvalue weighted by molar-refractivity contribution is 5.58. The van der Waals surface area contributed by atoms with Crippen LogP contribution in [0.2, 0.25) is 0 Å². The predicted molar refractivity (Wildman–Crippen MR) is 84.6 cm³/mol. The first-order valence-corrected chi connectivity index (χ1v) is 7.37. The van der Waals surface area contributed by atoms with E-state index in [-0.39, 0.29) is 12.2 Å². The van der Waals surface area contributed by atoms with Crippen LogP contribution in [-0.2, 0) is 26.2 Å². The van der Waals surface area contributed by atoms with Gasteiger partial charge in [0, 0.05) is 31.4 Å². The summed E-state index contributed by atoms with van der Waals surface area (Å²) < 4.78 is 46.4. The fraction of sp³-hybridized carbons (Fsp3) is 0.400. The molecule has 136 valence electrons. The summed E-state index contributed by atoms with van der Waals surface area (Å²) in [5.41, 5.74) is -0.624. The Labute approximate surface area is 141 Å².